The van der Waals surface area contributed by atoms with Crippen molar-refractivity contribution in [3.05, 3.63) is 53.3 Å². The lowest BCUT2D eigenvalue weighted by atomic mass is 9.77. The highest BCUT2D eigenvalue weighted by Gasteiger charge is 2.35. The van der Waals surface area contributed by atoms with E-state index in [9.17, 15) is 0 Å². The Labute approximate surface area is 197 Å². The quantitative estimate of drug-likeness (QED) is 0.414. The van der Waals surface area contributed by atoms with Crippen LogP contribution < -0.4 is 9.64 Å². The molecule has 0 spiro atoms. The van der Waals surface area contributed by atoms with Crippen LogP contribution in [0.25, 0.3) is 5.57 Å². The average molecular weight is 436 g/mol. The zero-order valence-corrected chi connectivity index (χ0v) is 22.2. The van der Waals surface area contributed by atoms with E-state index in [2.05, 4.69) is 111 Å². The van der Waals surface area contributed by atoms with Crippen molar-refractivity contribution >= 4 is 11.3 Å². The van der Waals surface area contributed by atoms with Crippen LogP contribution in [0.15, 0.2) is 42.2 Å². The molecule has 0 aliphatic carbocycles. The topological polar surface area (TPSA) is 12.5 Å². The van der Waals surface area contributed by atoms with Gasteiger partial charge in [0.05, 0.1) is 0 Å². The van der Waals surface area contributed by atoms with E-state index >= 15 is 0 Å². The van der Waals surface area contributed by atoms with Crippen molar-refractivity contribution in [1.82, 2.24) is 0 Å². The molecule has 2 heterocycles. The number of anilines is 1. The maximum absolute atomic E-state index is 6.25. The van der Waals surface area contributed by atoms with E-state index in [4.69, 9.17) is 4.74 Å². The van der Waals surface area contributed by atoms with Gasteiger partial charge in [-0.2, -0.15) is 0 Å². The van der Waals surface area contributed by atoms with Crippen molar-refractivity contribution in [2.45, 2.75) is 99.5 Å². The monoisotopic (exact) mass is 435 g/mol. The van der Waals surface area contributed by atoms with Gasteiger partial charge in [0, 0.05) is 35.3 Å². The molecule has 2 nitrogen and oxygen atoms in total. The Kier molecular flexibility index (Phi) is 6.76. The summed E-state index contributed by atoms with van der Waals surface area (Å²) in [7, 11) is 2.22. The first-order valence-electron chi connectivity index (χ1n) is 12.6. The molecule has 0 N–H and O–H groups in total. The number of rotatable bonds is 6. The molecule has 1 aromatic rings. The molecule has 3 rings (SSSR count). The molecule has 2 heteroatoms. The summed E-state index contributed by atoms with van der Waals surface area (Å²) >= 11 is 0. The summed E-state index contributed by atoms with van der Waals surface area (Å²) in [4.78, 5) is 2.43. The Morgan fingerprint density at radius 3 is 2.34 bits per heavy atom. The molecule has 0 radical (unpaired) electrons. The minimum Gasteiger partial charge on any atom is -0.461 e. The molecule has 2 aliphatic rings. The van der Waals surface area contributed by atoms with Gasteiger partial charge in [-0.05, 0) is 81.1 Å². The summed E-state index contributed by atoms with van der Waals surface area (Å²) in [6.07, 6.45) is 14.1. The summed E-state index contributed by atoms with van der Waals surface area (Å²) in [6, 6.07) is 4.68. The standard InChI is InChI=1S/C30H45NO/c1-11-29(8,12-2)14-15-30(9,13-3)20-23-16-22(5)32-27-18-26-24(17-25(23)27)21(4)19-28(6,7)31(26)10/h14-18,20-21H,11-13,19H2,1-10H3/b15-14+,23-20+. The van der Waals surface area contributed by atoms with Gasteiger partial charge in [0.25, 0.3) is 0 Å². The van der Waals surface area contributed by atoms with Crippen LogP contribution in [0.1, 0.15) is 105 Å². The zero-order valence-electron chi connectivity index (χ0n) is 22.2. The highest BCUT2D eigenvalue weighted by atomic mass is 16.5. The molecule has 2 atom stereocenters. The summed E-state index contributed by atoms with van der Waals surface area (Å²) in [5.41, 5.74) is 5.68. The number of allylic oxidation sites excluding steroid dienone is 6. The molecule has 32 heavy (non-hydrogen) atoms. The highest BCUT2D eigenvalue weighted by molar-refractivity contribution is 5.83. The van der Waals surface area contributed by atoms with Gasteiger partial charge < -0.3 is 9.64 Å². The van der Waals surface area contributed by atoms with E-state index in [0.717, 1.165) is 24.4 Å². The first-order valence-corrected chi connectivity index (χ1v) is 12.6. The number of ether oxygens (including phenoxy) is 1. The van der Waals surface area contributed by atoms with Crippen LogP contribution in [-0.4, -0.2) is 12.6 Å². The van der Waals surface area contributed by atoms with Crippen molar-refractivity contribution in [2.75, 3.05) is 11.9 Å². The molecule has 0 saturated carbocycles. The number of benzene rings is 1. The first kappa shape index (κ1) is 24.7. The van der Waals surface area contributed by atoms with Gasteiger partial charge in [-0.25, -0.2) is 0 Å². The second kappa shape index (κ2) is 8.76. The van der Waals surface area contributed by atoms with Gasteiger partial charge >= 0.3 is 0 Å². The number of hydrogen-bond donors (Lipinski definition) is 0. The Balaban J connectivity index is 2.10. The molecule has 2 unspecified atom stereocenters. The van der Waals surface area contributed by atoms with E-state index in [1.807, 2.05) is 0 Å². The molecule has 1 aromatic carbocycles. The van der Waals surface area contributed by atoms with Crippen LogP contribution in [0.2, 0.25) is 0 Å². The maximum atomic E-state index is 6.25. The molecule has 0 fully saturated rings. The number of nitrogens with zero attached hydrogens (tertiary/aromatic N) is 1. The SMILES string of the molecule is CCC(C)(/C=C/C(C)(CC)CC)/C=C1\C=C(C)Oc2cc3c(cc21)C(C)CC(C)(C)N3C. The van der Waals surface area contributed by atoms with Crippen molar-refractivity contribution in [1.29, 1.82) is 0 Å². The summed E-state index contributed by atoms with van der Waals surface area (Å²) in [5.74, 6) is 2.48. The van der Waals surface area contributed by atoms with Gasteiger partial charge in [0.15, 0.2) is 0 Å². The van der Waals surface area contributed by atoms with Crippen molar-refractivity contribution < 1.29 is 4.74 Å². The lowest BCUT2D eigenvalue weighted by molar-refractivity contribution is 0.387. The number of hydrogen-bond acceptors (Lipinski definition) is 2. The first-order chi connectivity index (χ1) is 14.9. The van der Waals surface area contributed by atoms with Crippen LogP contribution in [0.5, 0.6) is 5.75 Å². The summed E-state index contributed by atoms with van der Waals surface area (Å²) in [6.45, 7) is 20.7. The van der Waals surface area contributed by atoms with E-state index in [-0.39, 0.29) is 16.4 Å². The maximum Gasteiger partial charge on any atom is 0.136 e. The van der Waals surface area contributed by atoms with Gasteiger partial charge in [-0.1, -0.05) is 59.8 Å². The Bertz CT molecular complexity index is 944. The third-order valence-electron chi connectivity index (χ3n) is 8.40. The molecular weight excluding hydrogens is 390 g/mol. The minimum absolute atomic E-state index is 0.00657. The Hall–Kier alpha value is -1.96. The summed E-state index contributed by atoms with van der Waals surface area (Å²) in [5, 5.41) is 0. The van der Waals surface area contributed by atoms with Crippen LogP contribution >= 0.6 is 0 Å². The van der Waals surface area contributed by atoms with Gasteiger partial charge in [-0.15, -0.1) is 0 Å². The van der Waals surface area contributed by atoms with Crippen LogP contribution in [0.4, 0.5) is 5.69 Å². The third-order valence-corrected chi connectivity index (χ3v) is 8.40. The smallest absolute Gasteiger partial charge is 0.136 e. The fourth-order valence-corrected chi connectivity index (χ4v) is 5.02. The van der Waals surface area contributed by atoms with E-state index < -0.39 is 0 Å². The van der Waals surface area contributed by atoms with Crippen molar-refractivity contribution in [2.24, 2.45) is 10.8 Å². The molecule has 0 amide bonds. The summed E-state index contributed by atoms with van der Waals surface area (Å²) < 4.78 is 6.25. The number of fused-ring (bicyclic) bond motifs is 2. The highest BCUT2D eigenvalue weighted by Crippen LogP contribution is 2.48. The average Bonchev–Trinajstić information content (AvgIpc) is 2.75. The fraction of sp³-hybridized carbons (Fsp3) is 0.600. The molecular formula is C30H45NO. The van der Waals surface area contributed by atoms with Crippen LogP contribution in [0.3, 0.4) is 0 Å². The normalized spacial score (nSPS) is 23.4. The Morgan fingerprint density at radius 1 is 1.09 bits per heavy atom. The largest absolute Gasteiger partial charge is 0.461 e. The second-order valence-corrected chi connectivity index (χ2v) is 11.4. The molecule has 2 aliphatic heterocycles. The van der Waals surface area contributed by atoms with Crippen LogP contribution in [0, 0.1) is 10.8 Å². The van der Waals surface area contributed by atoms with Gasteiger partial charge in [-0.3, -0.25) is 0 Å². The van der Waals surface area contributed by atoms with Crippen molar-refractivity contribution in [3.63, 3.8) is 0 Å². The molecule has 0 aromatic heterocycles. The predicted octanol–water partition coefficient (Wildman–Crippen LogP) is 8.89. The van der Waals surface area contributed by atoms with Crippen LogP contribution in [-0.2, 0) is 0 Å². The zero-order chi connectivity index (χ0) is 23.9. The van der Waals surface area contributed by atoms with E-state index in [1.54, 1.807) is 0 Å². The van der Waals surface area contributed by atoms with Gasteiger partial charge in [0.2, 0.25) is 0 Å². The third kappa shape index (κ3) is 4.70. The lowest BCUT2D eigenvalue weighted by Gasteiger charge is -2.46. The molecule has 0 bridgehead atoms. The van der Waals surface area contributed by atoms with E-state index in [1.165, 1.54) is 35.2 Å². The Morgan fingerprint density at radius 2 is 1.75 bits per heavy atom. The minimum atomic E-state index is 0.00657. The molecule has 0 saturated heterocycles. The van der Waals surface area contributed by atoms with E-state index in [0.29, 0.717) is 5.92 Å². The lowest BCUT2D eigenvalue weighted by Crippen LogP contribution is -2.45. The second-order valence-electron chi connectivity index (χ2n) is 11.4. The van der Waals surface area contributed by atoms with Gasteiger partial charge in [0.1, 0.15) is 11.5 Å². The van der Waals surface area contributed by atoms with Crippen molar-refractivity contribution in [3.8, 4) is 5.75 Å². The fourth-order valence-electron chi connectivity index (χ4n) is 5.02. The molecule has 176 valence electrons. The predicted molar refractivity (Wildman–Crippen MR) is 141 cm³/mol.